The standard InChI is InChI=1S/C16H21F3N2O3S/c17-16(18,19)12-1-3-15(4-2-12)25(22,23)20-13-5-8-21(11-13)14-6-9-24-10-7-14/h1-4,13-14,20H,5-11H2. The van der Waals surface area contributed by atoms with Gasteiger partial charge in [0.1, 0.15) is 0 Å². The van der Waals surface area contributed by atoms with E-state index in [1.54, 1.807) is 0 Å². The second-order valence-electron chi connectivity index (χ2n) is 6.47. The Morgan fingerprint density at radius 1 is 1.08 bits per heavy atom. The summed E-state index contributed by atoms with van der Waals surface area (Å²) in [5, 5.41) is 0. The molecule has 2 fully saturated rings. The lowest BCUT2D eigenvalue weighted by atomic mass is 10.1. The minimum atomic E-state index is -4.48. The minimum Gasteiger partial charge on any atom is -0.381 e. The van der Waals surface area contributed by atoms with Crippen LogP contribution in [0.3, 0.4) is 0 Å². The second-order valence-corrected chi connectivity index (χ2v) is 8.18. The molecule has 1 unspecified atom stereocenters. The average Bonchev–Trinajstić information content (AvgIpc) is 3.03. The van der Waals surface area contributed by atoms with E-state index in [9.17, 15) is 21.6 Å². The van der Waals surface area contributed by atoms with Gasteiger partial charge < -0.3 is 4.74 Å². The Kier molecular flexibility index (Phi) is 5.38. The van der Waals surface area contributed by atoms with Gasteiger partial charge in [0, 0.05) is 38.4 Å². The normalized spacial score (nSPS) is 23.9. The number of hydrogen-bond acceptors (Lipinski definition) is 4. The lowest BCUT2D eigenvalue weighted by Crippen LogP contribution is -2.41. The molecule has 0 aliphatic carbocycles. The molecular formula is C16H21F3N2O3S. The van der Waals surface area contributed by atoms with E-state index in [1.807, 2.05) is 0 Å². The van der Waals surface area contributed by atoms with Crippen molar-refractivity contribution in [2.45, 2.75) is 42.4 Å². The van der Waals surface area contributed by atoms with Gasteiger partial charge >= 0.3 is 6.18 Å². The van der Waals surface area contributed by atoms with Gasteiger partial charge in [-0.15, -0.1) is 0 Å². The Balaban J connectivity index is 1.62. The first-order valence-corrected chi connectivity index (χ1v) is 9.75. The lowest BCUT2D eigenvalue weighted by Gasteiger charge is -2.31. The summed E-state index contributed by atoms with van der Waals surface area (Å²) in [4.78, 5) is 2.12. The van der Waals surface area contributed by atoms with Crippen molar-refractivity contribution in [1.29, 1.82) is 0 Å². The summed E-state index contributed by atoms with van der Waals surface area (Å²) in [6, 6.07) is 3.76. The molecule has 1 atom stereocenters. The highest BCUT2D eigenvalue weighted by atomic mass is 32.2. The highest BCUT2D eigenvalue weighted by Crippen LogP contribution is 2.30. The number of benzene rings is 1. The highest BCUT2D eigenvalue weighted by Gasteiger charge is 2.33. The third kappa shape index (κ3) is 4.52. The van der Waals surface area contributed by atoms with Crippen molar-refractivity contribution in [2.75, 3.05) is 26.3 Å². The van der Waals surface area contributed by atoms with Crippen molar-refractivity contribution < 1.29 is 26.3 Å². The Bertz CT molecular complexity index is 686. The molecule has 0 radical (unpaired) electrons. The van der Waals surface area contributed by atoms with Crippen LogP contribution in [-0.2, 0) is 20.9 Å². The van der Waals surface area contributed by atoms with Gasteiger partial charge in [-0.1, -0.05) is 0 Å². The Labute approximate surface area is 145 Å². The van der Waals surface area contributed by atoms with Crippen LogP contribution in [0.15, 0.2) is 29.2 Å². The number of likely N-dealkylation sites (tertiary alicyclic amines) is 1. The van der Waals surface area contributed by atoms with Gasteiger partial charge in [0.25, 0.3) is 0 Å². The van der Waals surface area contributed by atoms with Gasteiger partial charge in [0.2, 0.25) is 10.0 Å². The predicted octanol–water partition coefficient (Wildman–Crippen LogP) is 2.24. The maximum atomic E-state index is 12.6. The number of ether oxygens (including phenoxy) is 1. The van der Waals surface area contributed by atoms with Crippen molar-refractivity contribution in [3.8, 4) is 0 Å². The molecule has 140 valence electrons. The first-order chi connectivity index (χ1) is 11.8. The van der Waals surface area contributed by atoms with E-state index in [0.717, 1.165) is 56.9 Å². The van der Waals surface area contributed by atoms with E-state index >= 15 is 0 Å². The fourth-order valence-electron chi connectivity index (χ4n) is 3.38. The lowest BCUT2D eigenvalue weighted by molar-refractivity contribution is -0.137. The molecule has 2 aliphatic rings. The van der Waals surface area contributed by atoms with Crippen molar-refractivity contribution in [3.05, 3.63) is 29.8 Å². The smallest absolute Gasteiger partial charge is 0.381 e. The first kappa shape index (κ1) is 18.6. The van der Waals surface area contributed by atoms with E-state index in [4.69, 9.17) is 4.74 Å². The zero-order chi connectivity index (χ0) is 18.1. The molecule has 0 spiro atoms. The summed E-state index contributed by atoms with van der Waals surface area (Å²) in [5.41, 5.74) is -0.863. The summed E-state index contributed by atoms with van der Waals surface area (Å²) in [7, 11) is -3.83. The monoisotopic (exact) mass is 378 g/mol. The Hall–Kier alpha value is -1.16. The minimum absolute atomic E-state index is 0.148. The summed E-state index contributed by atoms with van der Waals surface area (Å²) < 4.78 is 70.5. The first-order valence-electron chi connectivity index (χ1n) is 8.27. The van der Waals surface area contributed by atoms with Crippen LogP contribution in [0.4, 0.5) is 13.2 Å². The molecule has 0 bridgehead atoms. The maximum absolute atomic E-state index is 12.6. The van der Waals surface area contributed by atoms with Gasteiger partial charge in [-0.25, -0.2) is 13.1 Å². The predicted molar refractivity (Wildman–Crippen MR) is 85.6 cm³/mol. The van der Waals surface area contributed by atoms with Gasteiger partial charge in [-0.3, -0.25) is 4.90 Å². The van der Waals surface area contributed by atoms with Crippen LogP contribution in [0.5, 0.6) is 0 Å². The maximum Gasteiger partial charge on any atom is 0.416 e. The van der Waals surface area contributed by atoms with E-state index in [2.05, 4.69) is 9.62 Å². The second kappa shape index (κ2) is 7.22. The van der Waals surface area contributed by atoms with Crippen molar-refractivity contribution in [1.82, 2.24) is 9.62 Å². The van der Waals surface area contributed by atoms with Crippen molar-refractivity contribution in [3.63, 3.8) is 0 Å². The third-order valence-corrected chi connectivity index (χ3v) is 6.28. The van der Waals surface area contributed by atoms with Gasteiger partial charge in [0.15, 0.2) is 0 Å². The highest BCUT2D eigenvalue weighted by molar-refractivity contribution is 7.89. The summed E-state index contributed by atoms with van der Waals surface area (Å²) in [6.45, 7) is 2.88. The molecular weight excluding hydrogens is 357 g/mol. The number of sulfonamides is 1. The van der Waals surface area contributed by atoms with E-state index in [0.29, 0.717) is 19.0 Å². The van der Waals surface area contributed by atoms with E-state index in [-0.39, 0.29) is 10.9 Å². The molecule has 1 aromatic rings. The molecule has 0 saturated carbocycles. The van der Waals surface area contributed by atoms with Crippen LogP contribution >= 0.6 is 0 Å². The number of alkyl halides is 3. The molecule has 2 aliphatic heterocycles. The van der Waals surface area contributed by atoms with Crippen molar-refractivity contribution in [2.24, 2.45) is 0 Å². The topological polar surface area (TPSA) is 58.6 Å². The van der Waals surface area contributed by atoms with Gasteiger partial charge in [-0.05, 0) is 43.5 Å². The zero-order valence-corrected chi connectivity index (χ0v) is 14.4. The largest absolute Gasteiger partial charge is 0.416 e. The molecule has 25 heavy (non-hydrogen) atoms. The molecule has 0 aromatic heterocycles. The van der Waals surface area contributed by atoms with Crippen LogP contribution in [0.2, 0.25) is 0 Å². The molecule has 5 nitrogen and oxygen atoms in total. The molecule has 1 aromatic carbocycles. The van der Waals surface area contributed by atoms with E-state index < -0.39 is 21.8 Å². The fraction of sp³-hybridized carbons (Fsp3) is 0.625. The van der Waals surface area contributed by atoms with Crippen LogP contribution < -0.4 is 4.72 Å². The summed E-state index contributed by atoms with van der Waals surface area (Å²) in [6.07, 6.45) is -1.90. The average molecular weight is 378 g/mol. The number of halogens is 3. The number of nitrogens with one attached hydrogen (secondary N) is 1. The fourth-order valence-corrected chi connectivity index (χ4v) is 4.64. The van der Waals surface area contributed by atoms with Crippen molar-refractivity contribution >= 4 is 10.0 Å². The molecule has 2 saturated heterocycles. The number of nitrogens with zero attached hydrogens (tertiary/aromatic N) is 1. The quantitative estimate of drug-likeness (QED) is 0.873. The molecule has 1 N–H and O–H groups in total. The van der Waals surface area contributed by atoms with Crippen LogP contribution in [-0.4, -0.2) is 51.7 Å². The zero-order valence-electron chi connectivity index (χ0n) is 13.6. The number of rotatable bonds is 4. The third-order valence-electron chi connectivity index (χ3n) is 4.74. The van der Waals surface area contributed by atoms with Gasteiger partial charge in [-0.2, -0.15) is 13.2 Å². The Morgan fingerprint density at radius 3 is 2.32 bits per heavy atom. The number of hydrogen-bond donors (Lipinski definition) is 1. The summed E-state index contributed by atoms with van der Waals surface area (Å²) in [5.74, 6) is 0. The van der Waals surface area contributed by atoms with Crippen LogP contribution in [0, 0.1) is 0 Å². The molecule has 9 heteroatoms. The molecule has 2 heterocycles. The van der Waals surface area contributed by atoms with Crippen LogP contribution in [0.25, 0.3) is 0 Å². The SMILES string of the molecule is O=S(=O)(NC1CCN(C2CCOCC2)C1)c1ccc(C(F)(F)F)cc1. The summed E-state index contributed by atoms with van der Waals surface area (Å²) >= 11 is 0. The molecule has 0 amide bonds. The molecule has 3 rings (SSSR count). The van der Waals surface area contributed by atoms with Crippen LogP contribution in [0.1, 0.15) is 24.8 Å². The van der Waals surface area contributed by atoms with E-state index in [1.165, 1.54) is 0 Å². The van der Waals surface area contributed by atoms with Gasteiger partial charge in [0.05, 0.1) is 10.5 Å². The Morgan fingerprint density at radius 2 is 1.72 bits per heavy atom.